The molecule has 3 rings (SSSR count). The van der Waals surface area contributed by atoms with Crippen molar-refractivity contribution in [3.05, 3.63) is 77.1 Å². The van der Waals surface area contributed by atoms with Gasteiger partial charge in [0.25, 0.3) is 0 Å². The van der Waals surface area contributed by atoms with Gasteiger partial charge in [-0.2, -0.15) is 5.10 Å². The van der Waals surface area contributed by atoms with Crippen LogP contribution in [0.5, 0.6) is 0 Å². The number of nitrogens with two attached hydrogens (primary N) is 1. The van der Waals surface area contributed by atoms with E-state index in [1.54, 1.807) is 29.1 Å². The lowest BCUT2D eigenvalue weighted by Crippen LogP contribution is -2.02. The highest BCUT2D eigenvalue weighted by molar-refractivity contribution is 6.35. The molecule has 0 spiro atoms. The van der Waals surface area contributed by atoms with Crippen molar-refractivity contribution >= 4 is 23.1 Å². The molecule has 0 saturated heterocycles. The molecule has 0 aliphatic rings. The fourth-order valence-electron chi connectivity index (χ4n) is 2.03. The van der Waals surface area contributed by atoms with Gasteiger partial charge in [0.05, 0.1) is 22.5 Å². The van der Waals surface area contributed by atoms with E-state index in [0.29, 0.717) is 21.8 Å². The van der Waals surface area contributed by atoms with Gasteiger partial charge in [-0.1, -0.05) is 29.8 Å². The van der Waals surface area contributed by atoms with Gasteiger partial charge in [0.2, 0.25) is 0 Å². The number of hydrogen-bond acceptors (Lipinski definition) is 3. The third-order valence-electron chi connectivity index (χ3n) is 3.10. The van der Waals surface area contributed by atoms with Gasteiger partial charge in [0.15, 0.2) is 5.78 Å². The number of carbonyl (C=O) groups is 1. The third kappa shape index (κ3) is 2.66. The van der Waals surface area contributed by atoms with Crippen molar-refractivity contribution in [2.24, 2.45) is 0 Å². The van der Waals surface area contributed by atoms with Gasteiger partial charge in [-0.25, -0.2) is 4.68 Å². The summed E-state index contributed by atoms with van der Waals surface area (Å²) >= 11 is 6.06. The molecule has 0 radical (unpaired) electrons. The standard InChI is InChI=1S/C16H12ClN3O/c17-15-7-6-12(18)8-14(15)16(21)11-9-19-20(10-11)13-4-2-1-3-5-13/h1-10H,18H2. The monoisotopic (exact) mass is 297 g/mol. The highest BCUT2D eigenvalue weighted by atomic mass is 35.5. The van der Waals surface area contributed by atoms with Crippen LogP contribution in [0.2, 0.25) is 5.02 Å². The topological polar surface area (TPSA) is 60.9 Å². The fourth-order valence-corrected chi connectivity index (χ4v) is 2.24. The second kappa shape index (κ2) is 5.42. The summed E-state index contributed by atoms with van der Waals surface area (Å²) in [6, 6.07) is 14.4. The summed E-state index contributed by atoms with van der Waals surface area (Å²) < 4.78 is 1.65. The number of aromatic nitrogens is 2. The molecule has 0 fully saturated rings. The predicted octanol–water partition coefficient (Wildman–Crippen LogP) is 3.34. The maximum atomic E-state index is 12.5. The molecule has 0 bridgehead atoms. The molecule has 0 saturated carbocycles. The largest absolute Gasteiger partial charge is 0.399 e. The smallest absolute Gasteiger partial charge is 0.197 e. The molecule has 0 unspecified atom stereocenters. The molecule has 5 heteroatoms. The third-order valence-corrected chi connectivity index (χ3v) is 3.43. The van der Waals surface area contributed by atoms with Crippen LogP contribution in [0, 0.1) is 0 Å². The van der Waals surface area contributed by atoms with E-state index in [1.807, 2.05) is 30.3 Å². The molecule has 21 heavy (non-hydrogen) atoms. The normalized spacial score (nSPS) is 10.5. The van der Waals surface area contributed by atoms with E-state index in [0.717, 1.165) is 5.69 Å². The first-order valence-corrected chi connectivity index (χ1v) is 6.73. The van der Waals surface area contributed by atoms with Crippen LogP contribution in [-0.4, -0.2) is 15.6 Å². The zero-order chi connectivity index (χ0) is 14.8. The minimum Gasteiger partial charge on any atom is -0.399 e. The number of anilines is 1. The summed E-state index contributed by atoms with van der Waals surface area (Å²) in [5.74, 6) is -0.200. The minimum atomic E-state index is -0.200. The average Bonchev–Trinajstić information content (AvgIpc) is 3.00. The second-order valence-corrected chi connectivity index (χ2v) is 4.98. The van der Waals surface area contributed by atoms with E-state index >= 15 is 0 Å². The Bertz CT molecular complexity index is 796. The van der Waals surface area contributed by atoms with Crippen molar-refractivity contribution in [2.75, 3.05) is 5.73 Å². The van der Waals surface area contributed by atoms with E-state index in [9.17, 15) is 4.79 Å². The average molecular weight is 298 g/mol. The number of nitrogens with zero attached hydrogens (tertiary/aromatic N) is 2. The number of benzene rings is 2. The van der Waals surface area contributed by atoms with Gasteiger partial charge in [0, 0.05) is 17.4 Å². The quantitative estimate of drug-likeness (QED) is 0.596. The number of para-hydroxylation sites is 1. The lowest BCUT2D eigenvalue weighted by molar-refractivity contribution is 0.103. The number of rotatable bonds is 3. The molecule has 1 aromatic heterocycles. The summed E-state index contributed by atoms with van der Waals surface area (Å²) in [7, 11) is 0. The summed E-state index contributed by atoms with van der Waals surface area (Å²) in [5, 5.41) is 4.58. The zero-order valence-electron chi connectivity index (χ0n) is 11.0. The molecule has 0 aliphatic heterocycles. The maximum Gasteiger partial charge on any atom is 0.197 e. The van der Waals surface area contributed by atoms with Crippen LogP contribution in [0.1, 0.15) is 15.9 Å². The Morgan fingerprint density at radius 3 is 2.67 bits per heavy atom. The van der Waals surface area contributed by atoms with Crippen molar-refractivity contribution in [3.63, 3.8) is 0 Å². The number of nitrogen functional groups attached to an aromatic ring is 1. The molecular formula is C16H12ClN3O. The van der Waals surface area contributed by atoms with Crippen molar-refractivity contribution in [3.8, 4) is 5.69 Å². The van der Waals surface area contributed by atoms with Crippen LogP contribution in [0.15, 0.2) is 60.9 Å². The predicted molar refractivity (Wildman–Crippen MR) is 82.9 cm³/mol. The zero-order valence-corrected chi connectivity index (χ0v) is 11.8. The molecule has 0 amide bonds. The van der Waals surface area contributed by atoms with Crippen LogP contribution < -0.4 is 5.73 Å². The molecule has 3 aromatic rings. The van der Waals surface area contributed by atoms with Crippen molar-refractivity contribution in [2.45, 2.75) is 0 Å². The van der Waals surface area contributed by atoms with E-state index < -0.39 is 0 Å². The van der Waals surface area contributed by atoms with Crippen molar-refractivity contribution in [1.29, 1.82) is 0 Å². The molecule has 2 N–H and O–H groups in total. The van der Waals surface area contributed by atoms with Crippen LogP contribution in [0.4, 0.5) is 5.69 Å². The molecule has 0 aliphatic carbocycles. The second-order valence-electron chi connectivity index (χ2n) is 4.58. The Balaban J connectivity index is 1.96. The summed E-state index contributed by atoms with van der Waals surface area (Å²) in [6.07, 6.45) is 3.20. The maximum absolute atomic E-state index is 12.5. The highest BCUT2D eigenvalue weighted by Crippen LogP contribution is 2.22. The number of halogens is 1. The summed E-state index contributed by atoms with van der Waals surface area (Å²) in [6.45, 7) is 0. The first-order valence-electron chi connectivity index (χ1n) is 6.35. The first kappa shape index (κ1) is 13.4. The molecule has 2 aromatic carbocycles. The Kier molecular flexibility index (Phi) is 3.46. The van der Waals surface area contributed by atoms with Gasteiger partial charge in [-0.15, -0.1) is 0 Å². The molecule has 0 atom stereocenters. The van der Waals surface area contributed by atoms with Gasteiger partial charge in [-0.05, 0) is 30.3 Å². The Morgan fingerprint density at radius 1 is 1.14 bits per heavy atom. The van der Waals surface area contributed by atoms with Gasteiger partial charge in [0.1, 0.15) is 0 Å². The molecular weight excluding hydrogens is 286 g/mol. The Labute approximate surface area is 126 Å². The Morgan fingerprint density at radius 2 is 1.90 bits per heavy atom. The Hall–Kier alpha value is -2.59. The van der Waals surface area contributed by atoms with E-state index in [2.05, 4.69) is 5.10 Å². The molecule has 104 valence electrons. The van der Waals surface area contributed by atoms with Crippen LogP contribution in [-0.2, 0) is 0 Å². The molecule has 4 nitrogen and oxygen atoms in total. The number of carbonyl (C=O) groups excluding carboxylic acids is 1. The summed E-state index contributed by atoms with van der Waals surface area (Å²) in [5.41, 5.74) is 7.93. The van der Waals surface area contributed by atoms with E-state index in [4.69, 9.17) is 17.3 Å². The van der Waals surface area contributed by atoms with Gasteiger partial charge < -0.3 is 5.73 Å². The van der Waals surface area contributed by atoms with Gasteiger partial charge in [-0.3, -0.25) is 4.79 Å². The lowest BCUT2D eigenvalue weighted by atomic mass is 10.1. The first-order chi connectivity index (χ1) is 10.1. The van der Waals surface area contributed by atoms with Crippen LogP contribution in [0.25, 0.3) is 5.69 Å². The number of hydrogen-bond donors (Lipinski definition) is 1. The minimum absolute atomic E-state index is 0.200. The van der Waals surface area contributed by atoms with E-state index in [-0.39, 0.29) is 5.78 Å². The highest BCUT2D eigenvalue weighted by Gasteiger charge is 2.15. The van der Waals surface area contributed by atoms with E-state index in [1.165, 1.54) is 6.20 Å². The number of ketones is 1. The van der Waals surface area contributed by atoms with Crippen LogP contribution >= 0.6 is 11.6 Å². The summed E-state index contributed by atoms with van der Waals surface area (Å²) in [4.78, 5) is 12.5. The fraction of sp³-hybridized carbons (Fsp3) is 0. The molecule has 1 heterocycles. The van der Waals surface area contributed by atoms with Crippen molar-refractivity contribution < 1.29 is 4.79 Å². The van der Waals surface area contributed by atoms with Crippen LogP contribution in [0.3, 0.4) is 0 Å². The lowest BCUT2D eigenvalue weighted by Gasteiger charge is -2.03. The van der Waals surface area contributed by atoms with Crippen molar-refractivity contribution in [1.82, 2.24) is 9.78 Å². The van der Waals surface area contributed by atoms with Gasteiger partial charge >= 0.3 is 0 Å². The SMILES string of the molecule is Nc1ccc(Cl)c(C(=O)c2cnn(-c3ccccc3)c2)c1.